The molecule has 0 bridgehead atoms. The van der Waals surface area contributed by atoms with Crippen LogP contribution >= 0.6 is 0 Å². The van der Waals surface area contributed by atoms with Gasteiger partial charge < -0.3 is 10.3 Å². The number of hydrogen-bond donors (Lipinski definition) is 2. The molecule has 1 heterocycles. The number of benzene rings is 1. The van der Waals surface area contributed by atoms with Crippen LogP contribution in [0.5, 0.6) is 0 Å². The highest BCUT2D eigenvalue weighted by atomic mass is 16.1. The Morgan fingerprint density at radius 2 is 2.11 bits per heavy atom. The van der Waals surface area contributed by atoms with Gasteiger partial charge in [-0.2, -0.15) is 0 Å². The zero-order valence-electron chi connectivity index (χ0n) is 11.0. The highest BCUT2D eigenvalue weighted by molar-refractivity contribution is 5.83. The molecule has 0 saturated heterocycles. The van der Waals surface area contributed by atoms with E-state index in [2.05, 4.69) is 29.4 Å². The van der Waals surface area contributed by atoms with Crippen LogP contribution in [-0.2, 0) is 11.2 Å². The molecule has 1 unspecified atom stereocenters. The summed E-state index contributed by atoms with van der Waals surface area (Å²) in [5, 5.41) is 4.32. The fourth-order valence-electron chi connectivity index (χ4n) is 2.19. The number of aromatic nitrogens is 1. The van der Waals surface area contributed by atoms with E-state index in [1.54, 1.807) is 0 Å². The minimum Gasteiger partial charge on any atom is -0.361 e. The SMILES string of the molecule is CCC(=O)NC(CC)Cc1c[nH]c2ccccc12. The molecule has 3 nitrogen and oxygen atoms in total. The fourth-order valence-corrected chi connectivity index (χ4v) is 2.19. The van der Waals surface area contributed by atoms with Gasteiger partial charge in [-0.15, -0.1) is 0 Å². The third-order valence-electron chi connectivity index (χ3n) is 3.32. The maximum absolute atomic E-state index is 11.5. The van der Waals surface area contributed by atoms with Crippen molar-refractivity contribution in [3.8, 4) is 0 Å². The fraction of sp³-hybridized carbons (Fsp3) is 0.400. The van der Waals surface area contributed by atoms with E-state index in [9.17, 15) is 4.79 Å². The molecule has 2 rings (SSSR count). The van der Waals surface area contributed by atoms with Crippen LogP contribution in [0.25, 0.3) is 10.9 Å². The molecule has 2 N–H and O–H groups in total. The Bertz CT molecular complexity index is 530. The normalized spacial score (nSPS) is 12.6. The molecule has 1 aromatic carbocycles. The van der Waals surface area contributed by atoms with Crippen LogP contribution in [0.15, 0.2) is 30.5 Å². The summed E-state index contributed by atoms with van der Waals surface area (Å²) < 4.78 is 0. The van der Waals surface area contributed by atoms with Crippen molar-refractivity contribution in [2.24, 2.45) is 0 Å². The van der Waals surface area contributed by atoms with Crippen LogP contribution in [0.1, 0.15) is 32.3 Å². The van der Waals surface area contributed by atoms with Gasteiger partial charge in [0.05, 0.1) is 0 Å². The van der Waals surface area contributed by atoms with Crippen LogP contribution in [-0.4, -0.2) is 16.9 Å². The van der Waals surface area contributed by atoms with Crippen molar-refractivity contribution in [3.05, 3.63) is 36.0 Å². The van der Waals surface area contributed by atoms with Crippen molar-refractivity contribution in [3.63, 3.8) is 0 Å². The van der Waals surface area contributed by atoms with Crippen molar-refractivity contribution in [1.82, 2.24) is 10.3 Å². The highest BCUT2D eigenvalue weighted by Gasteiger charge is 2.12. The first-order chi connectivity index (χ1) is 8.74. The summed E-state index contributed by atoms with van der Waals surface area (Å²) in [5.41, 5.74) is 2.43. The van der Waals surface area contributed by atoms with Gasteiger partial charge in [-0.25, -0.2) is 0 Å². The topological polar surface area (TPSA) is 44.9 Å². The Morgan fingerprint density at radius 3 is 2.83 bits per heavy atom. The molecule has 3 heteroatoms. The molecule has 1 aromatic heterocycles. The number of H-pyrrole nitrogens is 1. The lowest BCUT2D eigenvalue weighted by Gasteiger charge is -2.16. The first kappa shape index (κ1) is 12.7. The van der Waals surface area contributed by atoms with Crippen LogP contribution in [0.3, 0.4) is 0 Å². The van der Waals surface area contributed by atoms with Crippen molar-refractivity contribution < 1.29 is 4.79 Å². The molecule has 2 aromatic rings. The Hall–Kier alpha value is -1.77. The van der Waals surface area contributed by atoms with Gasteiger partial charge in [0.25, 0.3) is 0 Å². The molecule has 0 aliphatic carbocycles. The van der Waals surface area contributed by atoms with Crippen LogP contribution in [0.2, 0.25) is 0 Å². The molecule has 0 aliphatic heterocycles. The van der Waals surface area contributed by atoms with Gasteiger partial charge in [-0.05, 0) is 24.5 Å². The second-order valence-corrected chi connectivity index (χ2v) is 4.59. The van der Waals surface area contributed by atoms with E-state index in [0.29, 0.717) is 6.42 Å². The predicted molar refractivity (Wildman–Crippen MR) is 74.5 cm³/mol. The number of fused-ring (bicyclic) bond motifs is 1. The van der Waals surface area contributed by atoms with Gasteiger partial charge in [-0.3, -0.25) is 4.79 Å². The summed E-state index contributed by atoms with van der Waals surface area (Å²) in [6.07, 6.45) is 4.42. The first-order valence-corrected chi connectivity index (χ1v) is 6.59. The number of aromatic amines is 1. The number of carbonyl (C=O) groups excluding carboxylic acids is 1. The van der Waals surface area contributed by atoms with Gasteiger partial charge in [0.1, 0.15) is 0 Å². The van der Waals surface area contributed by atoms with E-state index in [1.807, 2.05) is 25.3 Å². The molecule has 0 fully saturated rings. The minimum absolute atomic E-state index is 0.127. The third-order valence-corrected chi connectivity index (χ3v) is 3.32. The Kier molecular flexibility index (Phi) is 4.03. The molecule has 18 heavy (non-hydrogen) atoms. The zero-order chi connectivity index (χ0) is 13.0. The lowest BCUT2D eigenvalue weighted by Crippen LogP contribution is -2.35. The number of para-hydroxylation sites is 1. The Morgan fingerprint density at radius 1 is 1.33 bits per heavy atom. The summed E-state index contributed by atoms with van der Waals surface area (Å²) >= 11 is 0. The highest BCUT2D eigenvalue weighted by Crippen LogP contribution is 2.19. The minimum atomic E-state index is 0.127. The Balaban J connectivity index is 2.14. The van der Waals surface area contributed by atoms with E-state index < -0.39 is 0 Å². The van der Waals surface area contributed by atoms with Crippen molar-refractivity contribution in [2.45, 2.75) is 39.2 Å². The zero-order valence-corrected chi connectivity index (χ0v) is 11.0. The number of carbonyl (C=O) groups is 1. The largest absolute Gasteiger partial charge is 0.361 e. The molecular formula is C15H20N2O. The summed E-state index contributed by atoms with van der Waals surface area (Å²) in [6, 6.07) is 8.49. The van der Waals surface area contributed by atoms with E-state index in [1.165, 1.54) is 10.9 Å². The predicted octanol–water partition coefficient (Wildman–Crippen LogP) is 3.02. The third kappa shape index (κ3) is 2.73. The first-order valence-electron chi connectivity index (χ1n) is 6.59. The number of amides is 1. The molecule has 96 valence electrons. The molecule has 1 amide bonds. The molecule has 0 radical (unpaired) electrons. The van der Waals surface area contributed by atoms with Crippen molar-refractivity contribution in [2.75, 3.05) is 0 Å². The molecule has 0 saturated carbocycles. The van der Waals surface area contributed by atoms with Crippen LogP contribution in [0, 0.1) is 0 Å². The van der Waals surface area contributed by atoms with Crippen LogP contribution in [0.4, 0.5) is 0 Å². The van der Waals surface area contributed by atoms with E-state index >= 15 is 0 Å². The van der Waals surface area contributed by atoms with Gasteiger partial charge >= 0.3 is 0 Å². The van der Waals surface area contributed by atoms with Gasteiger partial charge in [-0.1, -0.05) is 32.0 Å². The standard InChI is InChI=1S/C15H20N2O/c1-3-12(17-15(18)4-2)9-11-10-16-14-8-6-5-7-13(11)14/h5-8,10,12,16H,3-4,9H2,1-2H3,(H,17,18). The van der Waals surface area contributed by atoms with Gasteiger partial charge in [0, 0.05) is 29.6 Å². The molecule has 0 spiro atoms. The maximum Gasteiger partial charge on any atom is 0.219 e. The average Bonchev–Trinajstić information content (AvgIpc) is 2.81. The second kappa shape index (κ2) is 5.71. The maximum atomic E-state index is 11.5. The number of hydrogen-bond acceptors (Lipinski definition) is 1. The second-order valence-electron chi connectivity index (χ2n) is 4.59. The van der Waals surface area contributed by atoms with E-state index in [-0.39, 0.29) is 11.9 Å². The van der Waals surface area contributed by atoms with Gasteiger partial charge in [0.15, 0.2) is 0 Å². The molecular weight excluding hydrogens is 224 g/mol. The molecule has 0 aliphatic rings. The lowest BCUT2D eigenvalue weighted by molar-refractivity contribution is -0.121. The average molecular weight is 244 g/mol. The van der Waals surface area contributed by atoms with Crippen molar-refractivity contribution in [1.29, 1.82) is 0 Å². The summed E-state index contributed by atoms with van der Waals surface area (Å²) in [6.45, 7) is 3.99. The van der Waals surface area contributed by atoms with Crippen molar-refractivity contribution >= 4 is 16.8 Å². The van der Waals surface area contributed by atoms with E-state index in [4.69, 9.17) is 0 Å². The van der Waals surface area contributed by atoms with Gasteiger partial charge in [0.2, 0.25) is 5.91 Å². The summed E-state index contributed by atoms with van der Waals surface area (Å²) in [7, 11) is 0. The smallest absolute Gasteiger partial charge is 0.219 e. The Labute approximate surface area is 108 Å². The van der Waals surface area contributed by atoms with E-state index in [0.717, 1.165) is 18.4 Å². The molecule has 1 atom stereocenters. The summed E-state index contributed by atoms with van der Waals surface area (Å²) in [5.74, 6) is 0.127. The number of nitrogens with one attached hydrogen (secondary N) is 2. The lowest BCUT2D eigenvalue weighted by atomic mass is 10.0. The number of rotatable bonds is 5. The monoisotopic (exact) mass is 244 g/mol. The summed E-state index contributed by atoms with van der Waals surface area (Å²) in [4.78, 5) is 14.7. The van der Waals surface area contributed by atoms with Crippen LogP contribution < -0.4 is 5.32 Å². The quantitative estimate of drug-likeness (QED) is 0.834.